The van der Waals surface area contributed by atoms with E-state index >= 15 is 0 Å². The van der Waals surface area contributed by atoms with Crippen molar-refractivity contribution in [1.29, 1.82) is 0 Å². The monoisotopic (exact) mass is 428 g/mol. The third-order valence-corrected chi connectivity index (χ3v) is 11.4. The quantitative estimate of drug-likeness (QED) is 0.429. The average Bonchev–Trinajstić information content (AvgIpc) is 2.84. The SMILES string of the molecule is COc1ccc(P(OC(C)=O)(c2ccccc2)(c2ccccc2)c2ccccc2)cc1. The molecule has 0 aliphatic carbocycles. The minimum atomic E-state index is -3.88. The van der Waals surface area contributed by atoms with Crippen LogP contribution < -0.4 is 26.0 Å². The summed E-state index contributed by atoms with van der Waals surface area (Å²) in [6.45, 7) is -2.39. The minimum absolute atomic E-state index is 0.329. The number of methoxy groups -OCH3 is 1. The molecule has 0 heterocycles. The summed E-state index contributed by atoms with van der Waals surface area (Å²) in [4.78, 5) is 12.9. The number of benzene rings is 4. The molecule has 4 aromatic rings. The molecule has 0 bridgehead atoms. The topological polar surface area (TPSA) is 35.5 Å². The zero-order valence-electron chi connectivity index (χ0n) is 17.6. The van der Waals surface area contributed by atoms with Crippen molar-refractivity contribution < 1.29 is 14.1 Å². The number of hydrogen-bond acceptors (Lipinski definition) is 3. The molecule has 31 heavy (non-hydrogen) atoms. The van der Waals surface area contributed by atoms with Crippen LogP contribution in [0.3, 0.4) is 0 Å². The average molecular weight is 428 g/mol. The van der Waals surface area contributed by atoms with Crippen molar-refractivity contribution in [2.45, 2.75) is 6.92 Å². The van der Waals surface area contributed by atoms with Crippen LogP contribution in [0.2, 0.25) is 0 Å². The van der Waals surface area contributed by atoms with E-state index in [1.165, 1.54) is 6.92 Å². The van der Waals surface area contributed by atoms with Crippen LogP contribution in [-0.2, 0) is 9.32 Å². The van der Waals surface area contributed by atoms with Gasteiger partial charge in [0.2, 0.25) is 0 Å². The second-order valence-electron chi connectivity index (χ2n) is 7.32. The Labute approximate surface area is 183 Å². The van der Waals surface area contributed by atoms with Crippen molar-refractivity contribution in [2.24, 2.45) is 0 Å². The van der Waals surface area contributed by atoms with E-state index in [-0.39, 0.29) is 5.97 Å². The van der Waals surface area contributed by atoms with E-state index in [2.05, 4.69) is 36.4 Å². The van der Waals surface area contributed by atoms with Crippen molar-refractivity contribution in [3.8, 4) is 5.75 Å². The van der Waals surface area contributed by atoms with Gasteiger partial charge in [-0.25, -0.2) is 0 Å². The van der Waals surface area contributed by atoms with Crippen LogP contribution in [0.1, 0.15) is 6.92 Å². The van der Waals surface area contributed by atoms with Gasteiger partial charge in [-0.2, -0.15) is 0 Å². The van der Waals surface area contributed by atoms with Gasteiger partial charge in [0.15, 0.2) is 0 Å². The van der Waals surface area contributed by atoms with E-state index in [1.54, 1.807) is 7.11 Å². The standard InChI is InChI=1S/C27H25O3P/c1-22(28)30-31(24-12-6-3-7-13-24,25-14-8-4-9-15-25,26-16-10-5-11-17-26)27-20-18-23(29-2)19-21-27/h3-21H,1-2H3. The molecule has 0 radical (unpaired) electrons. The number of rotatable bonds is 6. The fourth-order valence-corrected chi connectivity index (χ4v) is 10.0. The van der Waals surface area contributed by atoms with Gasteiger partial charge in [-0.3, -0.25) is 0 Å². The van der Waals surface area contributed by atoms with Gasteiger partial charge in [-0.1, -0.05) is 0 Å². The Kier molecular flexibility index (Phi) is 5.63. The molecule has 4 rings (SSSR count). The van der Waals surface area contributed by atoms with Gasteiger partial charge in [-0.15, -0.1) is 0 Å². The Morgan fingerprint density at radius 3 is 1.26 bits per heavy atom. The molecule has 0 unspecified atom stereocenters. The summed E-state index contributed by atoms with van der Waals surface area (Å²) in [5.41, 5.74) is 0. The fourth-order valence-electron chi connectivity index (χ4n) is 4.37. The van der Waals surface area contributed by atoms with Crippen molar-refractivity contribution in [3.05, 3.63) is 115 Å². The second-order valence-corrected chi connectivity index (χ2v) is 11.6. The molecular formula is C27H25O3P. The molecule has 0 fully saturated rings. The van der Waals surface area contributed by atoms with Gasteiger partial charge >= 0.3 is 183 Å². The first-order valence-corrected chi connectivity index (χ1v) is 12.3. The van der Waals surface area contributed by atoms with Crippen molar-refractivity contribution >= 4 is 34.0 Å². The molecule has 0 aromatic heterocycles. The molecule has 4 heteroatoms. The van der Waals surface area contributed by atoms with Crippen LogP contribution >= 0.6 is 6.83 Å². The van der Waals surface area contributed by atoms with E-state index in [4.69, 9.17) is 9.26 Å². The number of carbonyl (C=O) groups is 1. The summed E-state index contributed by atoms with van der Waals surface area (Å²) >= 11 is 0. The normalized spacial score (nSPS) is 12.4. The number of ether oxygens (including phenoxy) is 1. The summed E-state index contributed by atoms with van der Waals surface area (Å²) in [5, 5.41) is 3.83. The summed E-state index contributed by atoms with van der Waals surface area (Å²) in [7, 11) is 1.65. The number of hydrogen-bond donors (Lipinski definition) is 0. The molecule has 0 aliphatic rings. The molecule has 0 atom stereocenters. The Morgan fingerprint density at radius 1 is 0.581 bits per heavy atom. The fraction of sp³-hybridized carbons (Fsp3) is 0.0741. The Bertz CT molecular complexity index is 1060. The molecule has 0 amide bonds. The van der Waals surface area contributed by atoms with E-state index in [0.29, 0.717) is 0 Å². The molecule has 4 aromatic carbocycles. The van der Waals surface area contributed by atoms with Gasteiger partial charge in [0.05, 0.1) is 0 Å². The first kappa shape index (κ1) is 20.8. The van der Waals surface area contributed by atoms with Gasteiger partial charge in [0.1, 0.15) is 0 Å². The van der Waals surface area contributed by atoms with Crippen LogP contribution in [-0.4, -0.2) is 13.1 Å². The number of carbonyl (C=O) groups excluding carboxylic acids is 1. The van der Waals surface area contributed by atoms with E-state index in [0.717, 1.165) is 27.0 Å². The van der Waals surface area contributed by atoms with Gasteiger partial charge in [-0.05, 0) is 0 Å². The molecule has 0 saturated heterocycles. The molecule has 0 aliphatic heterocycles. The van der Waals surface area contributed by atoms with Crippen LogP contribution in [0.25, 0.3) is 0 Å². The molecule has 156 valence electrons. The van der Waals surface area contributed by atoms with Gasteiger partial charge in [0.25, 0.3) is 0 Å². The summed E-state index contributed by atoms with van der Waals surface area (Å²) in [5.74, 6) is 0.419. The zero-order valence-corrected chi connectivity index (χ0v) is 18.5. The predicted molar refractivity (Wildman–Crippen MR) is 130 cm³/mol. The Hall–Kier alpha value is -3.42. The predicted octanol–water partition coefficient (Wildman–Crippen LogP) is 4.33. The maximum absolute atomic E-state index is 12.9. The van der Waals surface area contributed by atoms with E-state index in [9.17, 15) is 4.79 Å². The summed E-state index contributed by atoms with van der Waals surface area (Å²) in [6.07, 6.45) is 0. The second kappa shape index (κ2) is 8.37. The van der Waals surface area contributed by atoms with Crippen LogP contribution in [0, 0.1) is 0 Å². The zero-order chi connectivity index (χ0) is 21.8. The van der Waals surface area contributed by atoms with Gasteiger partial charge < -0.3 is 0 Å². The molecule has 0 saturated carbocycles. The van der Waals surface area contributed by atoms with Crippen LogP contribution in [0.4, 0.5) is 0 Å². The summed E-state index contributed by atoms with van der Waals surface area (Å²) in [6, 6.07) is 38.2. The molecule has 3 nitrogen and oxygen atoms in total. The van der Waals surface area contributed by atoms with Crippen molar-refractivity contribution in [2.75, 3.05) is 7.11 Å². The Morgan fingerprint density at radius 2 is 0.935 bits per heavy atom. The summed E-state index contributed by atoms with van der Waals surface area (Å²) < 4.78 is 12.1. The van der Waals surface area contributed by atoms with Gasteiger partial charge in [0, 0.05) is 0 Å². The Balaban J connectivity index is 2.27. The third-order valence-electron chi connectivity index (χ3n) is 5.62. The molecule has 0 spiro atoms. The third kappa shape index (κ3) is 3.22. The van der Waals surface area contributed by atoms with Crippen molar-refractivity contribution in [3.63, 3.8) is 0 Å². The van der Waals surface area contributed by atoms with E-state index < -0.39 is 6.83 Å². The van der Waals surface area contributed by atoms with Crippen molar-refractivity contribution in [1.82, 2.24) is 0 Å². The first-order chi connectivity index (χ1) is 15.1. The molecule has 0 N–H and O–H groups in total. The maximum atomic E-state index is 12.9. The molecular weight excluding hydrogens is 403 g/mol. The first-order valence-electron chi connectivity index (χ1n) is 10.2. The van der Waals surface area contributed by atoms with E-state index in [1.807, 2.05) is 78.9 Å². The van der Waals surface area contributed by atoms with Crippen LogP contribution in [0.15, 0.2) is 115 Å². The van der Waals surface area contributed by atoms with Crippen LogP contribution in [0.5, 0.6) is 5.75 Å².